The molecule has 0 bridgehead atoms. The number of benzene rings is 1. The molecule has 0 radical (unpaired) electrons. The summed E-state index contributed by atoms with van der Waals surface area (Å²) in [7, 11) is 1.64. The van der Waals surface area contributed by atoms with Gasteiger partial charge in [0.05, 0.1) is 19.7 Å². The summed E-state index contributed by atoms with van der Waals surface area (Å²) in [5.74, 6) is 2.63. The highest BCUT2D eigenvalue weighted by Gasteiger charge is 2.18. The number of nitrogens with zero attached hydrogens (tertiary/aromatic N) is 3. The third-order valence-corrected chi connectivity index (χ3v) is 4.32. The van der Waals surface area contributed by atoms with Crippen molar-refractivity contribution >= 4 is 6.03 Å². The first-order valence-corrected chi connectivity index (χ1v) is 8.30. The fraction of sp³-hybridized carbons (Fsp3) is 0.471. The van der Waals surface area contributed by atoms with Crippen molar-refractivity contribution in [2.75, 3.05) is 7.11 Å². The predicted octanol–water partition coefficient (Wildman–Crippen LogP) is 2.18. The summed E-state index contributed by atoms with van der Waals surface area (Å²) in [6, 6.07) is 7.50. The van der Waals surface area contributed by atoms with Crippen molar-refractivity contribution in [2.24, 2.45) is 0 Å². The molecule has 3 rings (SSSR count). The van der Waals surface area contributed by atoms with E-state index in [0.29, 0.717) is 6.54 Å². The molecule has 2 heterocycles. The van der Waals surface area contributed by atoms with E-state index in [2.05, 4.69) is 25.4 Å². The smallest absolute Gasteiger partial charge is 0.315 e. The van der Waals surface area contributed by atoms with E-state index in [1.807, 2.05) is 31.2 Å². The molecule has 0 fully saturated rings. The van der Waals surface area contributed by atoms with Crippen LogP contribution in [0.1, 0.15) is 43.0 Å². The van der Waals surface area contributed by atoms with E-state index in [1.165, 1.54) is 0 Å². The van der Waals surface area contributed by atoms with Crippen LogP contribution in [0.15, 0.2) is 24.3 Å². The van der Waals surface area contributed by atoms with Crippen LogP contribution in [0.25, 0.3) is 0 Å². The summed E-state index contributed by atoms with van der Waals surface area (Å²) in [6.45, 7) is 3.36. The van der Waals surface area contributed by atoms with Crippen LogP contribution < -0.4 is 15.4 Å². The standard InChI is InChI=1S/C17H23N5O2/c1-3-14(12-6-8-13(24-2)9-7-12)19-17(23)18-11-16-21-20-15-5-4-10-22(15)16/h6-9,14H,3-5,10-11H2,1-2H3,(H2,18,19,23)/t14-/m0/s1. The molecular formula is C17H23N5O2. The molecule has 128 valence electrons. The van der Waals surface area contributed by atoms with Crippen molar-refractivity contribution in [3.63, 3.8) is 0 Å². The topological polar surface area (TPSA) is 81.1 Å². The molecule has 7 nitrogen and oxygen atoms in total. The Morgan fingerprint density at radius 1 is 1.33 bits per heavy atom. The van der Waals surface area contributed by atoms with Gasteiger partial charge in [0, 0.05) is 13.0 Å². The summed E-state index contributed by atoms with van der Waals surface area (Å²) >= 11 is 0. The average molecular weight is 329 g/mol. The minimum atomic E-state index is -0.201. The van der Waals surface area contributed by atoms with Crippen LogP contribution in [0, 0.1) is 0 Å². The SMILES string of the molecule is CC[C@H](NC(=O)NCc1nnc2n1CCC2)c1ccc(OC)cc1. The van der Waals surface area contributed by atoms with E-state index >= 15 is 0 Å². The van der Waals surface area contributed by atoms with Gasteiger partial charge in [-0.25, -0.2) is 4.79 Å². The molecule has 0 unspecified atom stereocenters. The van der Waals surface area contributed by atoms with Crippen molar-refractivity contribution < 1.29 is 9.53 Å². The van der Waals surface area contributed by atoms with Crippen LogP contribution in [-0.2, 0) is 19.5 Å². The number of hydrogen-bond acceptors (Lipinski definition) is 4. The average Bonchev–Trinajstić information content (AvgIpc) is 3.22. The number of amides is 2. The summed E-state index contributed by atoms with van der Waals surface area (Å²) in [5.41, 5.74) is 1.05. The molecule has 0 aliphatic carbocycles. The Kier molecular flexibility index (Phi) is 4.98. The van der Waals surface area contributed by atoms with Gasteiger partial charge in [0.25, 0.3) is 0 Å². The summed E-state index contributed by atoms with van der Waals surface area (Å²) < 4.78 is 7.25. The molecule has 1 aliphatic rings. The molecule has 2 amide bonds. The summed E-state index contributed by atoms with van der Waals surface area (Å²) in [5, 5.41) is 14.2. The molecular weight excluding hydrogens is 306 g/mol. The number of aromatic nitrogens is 3. The van der Waals surface area contributed by atoms with Crippen LogP contribution in [0.5, 0.6) is 5.75 Å². The zero-order chi connectivity index (χ0) is 16.9. The second-order valence-electron chi connectivity index (χ2n) is 5.85. The maximum Gasteiger partial charge on any atom is 0.315 e. The van der Waals surface area contributed by atoms with Gasteiger partial charge in [-0.2, -0.15) is 0 Å². The molecule has 1 aromatic heterocycles. The van der Waals surface area contributed by atoms with Crippen LogP contribution >= 0.6 is 0 Å². The maximum atomic E-state index is 12.2. The van der Waals surface area contributed by atoms with Gasteiger partial charge in [-0.15, -0.1) is 10.2 Å². The molecule has 0 spiro atoms. The molecule has 1 aromatic carbocycles. The van der Waals surface area contributed by atoms with Crippen molar-refractivity contribution in [1.29, 1.82) is 0 Å². The number of nitrogens with one attached hydrogen (secondary N) is 2. The molecule has 1 atom stereocenters. The van der Waals surface area contributed by atoms with Gasteiger partial charge >= 0.3 is 6.03 Å². The highest BCUT2D eigenvalue weighted by molar-refractivity contribution is 5.74. The number of methoxy groups -OCH3 is 1. The number of urea groups is 1. The Balaban J connectivity index is 1.56. The van der Waals surface area contributed by atoms with E-state index in [9.17, 15) is 4.79 Å². The van der Waals surface area contributed by atoms with Crippen LogP contribution in [-0.4, -0.2) is 27.9 Å². The van der Waals surface area contributed by atoms with E-state index < -0.39 is 0 Å². The van der Waals surface area contributed by atoms with Gasteiger partial charge in [0.1, 0.15) is 11.6 Å². The lowest BCUT2D eigenvalue weighted by atomic mass is 10.0. The zero-order valence-corrected chi connectivity index (χ0v) is 14.1. The van der Waals surface area contributed by atoms with Crippen LogP contribution in [0.2, 0.25) is 0 Å². The zero-order valence-electron chi connectivity index (χ0n) is 14.1. The molecule has 0 saturated carbocycles. The number of hydrogen-bond donors (Lipinski definition) is 2. The van der Waals surface area contributed by atoms with Crippen LogP contribution in [0.3, 0.4) is 0 Å². The second kappa shape index (κ2) is 7.33. The molecule has 24 heavy (non-hydrogen) atoms. The normalized spacial score (nSPS) is 14.1. The fourth-order valence-corrected chi connectivity index (χ4v) is 2.97. The number of carbonyl (C=O) groups excluding carboxylic acids is 1. The Morgan fingerprint density at radius 3 is 2.83 bits per heavy atom. The van der Waals surface area contributed by atoms with Crippen molar-refractivity contribution in [3.8, 4) is 5.75 Å². The van der Waals surface area contributed by atoms with Crippen molar-refractivity contribution in [1.82, 2.24) is 25.4 Å². The number of carbonyl (C=O) groups is 1. The number of rotatable bonds is 6. The molecule has 2 N–H and O–H groups in total. The van der Waals surface area contributed by atoms with E-state index in [0.717, 1.165) is 48.8 Å². The lowest BCUT2D eigenvalue weighted by Crippen LogP contribution is -2.38. The Labute approximate surface area is 141 Å². The lowest BCUT2D eigenvalue weighted by Gasteiger charge is -2.18. The molecule has 0 saturated heterocycles. The fourth-order valence-electron chi connectivity index (χ4n) is 2.97. The number of fused-ring (bicyclic) bond motifs is 1. The Hall–Kier alpha value is -2.57. The summed E-state index contributed by atoms with van der Waals surface area (Å²) in [6.07, 6.45) is 2.87. The Morgan fingerprint density at radius 2 is 2.12 bits per heavy atom. The Bertz CT molecular complexity index is 696. The number of ether oxygens (including phenoxy) is 1. The molecule has 1 aliphatic heterocycles. The van der Waals surface area contributed by atoms with Gasteiger partial charge in [-0.3, -0.25) is 0 Å². The van der Waals surface area contributed by atoms with E-state index in [-0.39, 0.29) is 12.1 Å². The third kappa shape index (κ3) is 3.50. The maximum absolute atomic E-state index is 12.2. The minimum absolute atomic E-state index is 0.0416. The largest absolute Gasteiger partial charge is 0.497 e. The van der Waals surface area contributed by atoms with E-state index in [4.69, 9.17) is 4.74 Å². The van der Waals surface area contributed by atoms with Gasteiger partial charge in [0.2, 0.25) is 0 Å². The second-order valence-corrected chi connectivity index (χ2v) is 5.85. The number of aryl methyl sites for hydroxylation is 1. The first-order valence-electron chi connectivity index (χ1n) is 8.30. The van der Waals surface area contributed by atoms with Crippen molar-refractivity contribution in [3.05, 3.63) is 41.5 Å². The first kappa shape index (κ1) is 16.3. The van der Waals surface area contributed by atoms with Crippen molar-refractivity contribution in [2.45, 2.75) is 45.3 Å². The lowest BCUT2D eigenvalue weighted by molar-refractivity contribution is 0.236. The minimum Gasteiger partial charge on any atom is -0.497 e. The summed E-state index contributed by atoms with van der Waals surface area (Å²) in [4.78, 5) is 12.2. The first-order chi connectivity index (χ1) is 11.7. The van der Waals surface area contributed by atoms with Gasteiger partial charge in [-0.1, -0.05) is 19.1 Å². The van der Waals surface area contributed by atoms with E-state index in [1.54, 1.807) is 7.11 Å². The predicted molar refractivity (Wildman–Crippen MR) is 89.7 cm³/mol. The quantitative estimate of drug-likeness (QED) is 0.851. The van der Waals surface area contributed by atoms with Gasteiger partial charge in [0.15, 0.2) is 5.82 Å². The van der Waals surface area contributed by atoms with Gasteiger partial charge in [-0.05, 0) is 30.5 Å². The third-order valence-electron chi connectivity index (χ3n) is 4.32. The highest BCUT2D eigenvalue weighted by Crippen LogP contribution is 2.20. The molecule has 7 heteroatoms. The molecule has 2 aromatic rings. The highest BCUT2D eigenvalue weighted by atomic mass is 16.5. The van der Waals surface area contributed by atoms with Gasteiger partial charge < -0.3 is 19.9 Å². The van der Waals surface area contributed by atoms with Crippen LogP contribution in [0.4, 0.5) is 4.79 Å². The monoisotopic (exact) mass is 329 g/mol.